The van der Waals surface area contributed by atoms with Gasteiger partial charge in [-0.2, -0.15) is 13.2 Å². The number of carbonyl (C=O) groups excluding carboxylic acids is 1. The van der Waals surface area contributed by atoms with Gasteiger partial charge >= 0.3 is 12.1 Å². The number of rotatable bonds is 2. The Hall–Kier alpha value is -1.59. The molecule has 0 radical (unpaired) electrons. The van der Waals surface area contributed by atoms with Gasteiger partial charge in [0.15, 0.2) is 0 Å². The minimum atomic E-state index is -4.20. The average molecular weight is 287 g/mol. The first-order chi connectivity index (χ1) is 9.32. The Bertz CT molecular complexity index is 526. The SMILES string of the molecule is CCOC(=O)c1cc2c(nc1C)CCC(C(F)(F)F)C2. The maximum atomic E-state index is 12.8. The van der Waals surface area contributed by atoms with E-state index in [4.69, 9.17) is 4.74 Å². The lowest BCUT2D eigenvalue weighted by molar-refractivity contribution is -0.177. The van der Waals surface area contributed by atoms with Gasteiger partial charge in [-0.15, -0.1) is 0 Å². The van der Waals surface area contributed by atoms with Crippen LogP contribution in [-0.2, 0) is 17.6 Å². The summed E-state index contributed by atoms with van der Waals surface area (Å²) in [6.45, 7) is 3.57. The van der Waals surface area contributed by atoms with Crippen LogP contribution in [0.3, 0.4) is 0 Å². The van der Waals surface area contributed by atoms with Gasteiger partial charge in [0.1, 0.15) is 0 Å². The van der Waals surface area contributed by atoms with Gasteiger partial charge in [0.2, 0.25) is 0 Å². The van der Waals surface area contributed by atoms with Crippen molar-refractivity contribution in [3.63, 3.8) is 0 Å². The Kier molecular flexibility index (Phi) is 4.01. The number of esters is 1. The van der Waals surface area contributed by atoms with Crippen molar-refractivity contribution < 1.29 is 22.7 Å². The van der Waals surface area contributed by atoms with E-state index in [9.17, 15) is 18.0 Å². The fourth-order valence-electron chi connectivity index (χ4n) is 2.46. The van der Waals surface area contributed by atoms with Crippen LogP contribution in [0, 0.1) is 12.8 Å². The number of aryl methyl sites for hydroxylation is 2. The molecule has 1 aliphatic carbocycles. The summed E-state index contributed by atoms with van der Waals surface area (Å²) in [4.78, 5) is 16.0. The first-order valence-corrected chi connectivity index (χ1v) is 6.56. The van der Waals surface area contributed by atoms with Gasteiger partial charge in [-0.1, -0.05) is 0 Å². The van der Waals surface area contributed by atoms with E-state index in [0.29, 0.717) is 23.4 Å². The summed E-state index contributed by atoms with van der Waals surface area (Å²) >= 11 is 0. The molecule has 110 valence electrons. The van der Waals surface area contributed by atoms with E-state index in [-0.39, 0.29) is 25.0 Å². The van der Waals surface area contributed by atoms with Gasteiger partial charge in [-0.3, -0.25) is 4.98 Å². The van der Waals surface area contributed by atoms with Crippen LogP contribution in [0.4, 0.5) is 13.2 Å². The van der Waals surface area contributed by atoms with Crippen LogP contribution in [0.1, 0.15) is 40.7 Å². The Morgan fingerprint density at radius 2 is 2.20 bits per heavy atom. The maximum Gasteiger partial charge on any atom is 0.392 e. The molecule has 1 aromatic rings. The molecule has 0 saturated heterocycles. The van der Waals surface area contributed by atoms with Crippen molar-refractivity contribution in [2.75, 3.05) is 6.61 Å². The molecule has 0 N–H and O–H groups in total. The molecule has 0 fully saturated rings. The average Bonchev–Trinajstić information content (AvgIpc) is 2.36. The summed E-state index contributed by atoms with van der Waals surface area (Å²) in [7, 11) is 0. The van der Waals surface area contributed by atoms with Gasteiger partial charge in [0, 0.05) is 5.69 Å². The molecule has 0 saturated carbocycles. The number of ether oxygens (including phenoxy) is 1. The number of fused-ring (bicyclic) bond motifs is 1. The Labute approximate surface area is 115 Å². The van der Waals surface area contributed by atoms with Crippen molar-refractivity contribution in [3.05, 3.63) is 28.6 Å². The summed E-state index contributed by atoms with van der Waals surface area (Å²) in [5, 5.41) is 0. The van der Waals surface area contributed by atoms with Crippen molar-refractivity contribution in [2.45, 2.75) is 39.3 Å². The molecule has 1 aliphatic rings. The highest BCUT2D eigenvalue weighted by molar-refractivity contribution is 5.90. The van der Waals surface area contributed by atoms with Crippen molar-refractivity contribution in [1.29, 1.82) is 0 Å². The number of nitrogens with zero attached hydrogens (tertiary/aromatic N) is 1. The van der Waals surface area contributed by atoms with Crippen molar-refractivity contribution in [3.8, 4) is 0 Å². The molecule has 1 atom stereocenters. The molecule has 1 aromatic heterocycles. The predicted molar refractivity (Wildman–Crippen MR) is 66.5 cm³/mol. The Balaban J connectivity index is 2.32. The lowest BCUT2D eigenvalue weighted by atomic mass is 9.85. The number of hydrogen-bond donors (Lipinski definition) is 0. The number of carbonyl (C=O) groups is 1. The molecule has 6 heteroatoms. The van der Waals surface area contributed by atoms with E-state index < -0.39 is 18.1 Å². The standard InChI is InChI=1S/C14H16F3NO2/c1-3-20-13(19)11-7-9-6-10(14(15,16)17)4-5-12(9)18-8(11)2/h7,10H,3-6H2,1-2H3. The third-order valence-corrected chi connectivity index (χ3v) is 3.54. The zero-order valence-electron chi connectivity index (χ0n) is 11.4. The van der Waals surface area contributed by atoms with Gasteiger partial charge < -0.3 is 4.74 Å². The quantitative estimate of drug-likeness (QED) is 0.784. The van der Waals surface area contributed by atoms with Gasteiger partial charge in [-0.25, -0.2) is 4.79 Å². The molecule has 20 heavy (non-hydrogen) atoms. The summed E-state index contributed by atoms with van der Waals surface area (Å²) in [5.41, 5.74) is 1.93. The van der Waals surface area contributed by atoms with Gasteiger partial charge in [0.05, 0.1) is 23.8 Å². The molecule has 0 bridgehead atoms. The molecular formula is C14H16F3NO2. The lowest BCUT2D eigenvalue weighted by Crippen LogP contribution is -2.29. The normalized spacial score (nSPS) is 18.6. The van der Waals surface area contributed by atoms with Crippen LogP contribution in [0.5, 0.6) is 0 Å². The highest BCUT2D eigenvalue weighted by Crippen LogP contribution is 2.37. The number of aromatic nitrogens is 1. The van der Waals surface area contributed by atoms with E-state index in [1.165, 1.54) is 6.07 Å². The molecule has 2 rings (SSSR count). The van der Waals surface area contributed by atoms with E-state index in [1.54, 1.807) is 13.8 Å². The van der Waals surface area contributed by atoms with Crippen LogP contribution in [0.2, 0.25) is 0 Å². The molecule has 0 amide bonds. The fourth-order valence-corrected chi connectivity index (χ4v) is 2.46. The van der Waals surface area contributed by atoms with E-state index in [0.717, 1.165) is 0 Å². The second-order valence-corrected chi connectivity index (χ2v) is 4.93. The number of halogens is 3. The predicted octanol–water partition coefficient (Wildman–Crippen LogP) is 3.23. The van der Waals surface area contributed by atoms with Crippen LogP contribution in [0.25, 0.3) is 0 Å². The first-order valence-electron chi connectivity index (χ1n) is 6.56. The highest BCUT2D eigenvalue weighted by atomic mass is 19.4. The first kappa shape index (κ1) is 14.8. The molecule has 0 aliphatic heterocycles. The van der Waals surface area contributed by atoms with Crippen LogP contribution in [-0.4, -0.2) is 23.7 Å². The highest BCUT2D eigenvalue weighted by Gasteiger charge is 2.41. The molecule has 1 unspecified atom stereocenters. The van der Waals surface area contributed by atoms with E-state index in [2.05, 4.69) is 4.98 Å². The molecule has 0 aromatic carbocycles. The largest absolute Gasteiger partial charge is 0.462 e. The third-order valence-electron chi connectivity index (χ3n) is 3.54. The summed E-state index contributed by atoms with van der Waals surface area (Å²) in [6, 6.07) is 1.51. The Morgan fingerprint density at radius 3 is 2.80 bits per heavy atom. The third kappa shape index (κ3) is 2.94. The van der Waals surface area contributed by atoms with Crippen molar-refractivity contribution in [1.82, 2.24) is 4.98 Å². The number of alkyl halides is 3. The summed E-state index contributed by atoms with van der Waals surface area (Å²) in [5.74, 6) is -1.89. The van der Waals surface area contributed by atoms with E-state index >= 15 is 0 Å². The maximum absolute atomic E-state index is 12.8. The second-order valence-electron chi connectivity index (χ2n) is 4.93. The lowest BCUT2D eigenvalue weighted by Gasteiger charge is -2.26. The second kappa shape index (κ2) is 5.42. The van der Waals surface area contributed by atoms with Gasteiger partial charge in [-0.05, 0) is 44.7 Å². The van der Waals surface area contributed by atoms with Crippen LogP contribution in [0.15, 0.2) is 6.07 Å². The number of hydrogen-bond acceptors (Lipinski definition) is 3. The summed E-state index contributed by atoms with van der Waals surface area (Å²) < 4.78 is 43.2. The Morgan fingerprint density at radius 1 is 1.50 bits per heavy atom. The smallest absolute Gasteiger partial charge is 0.392 e. The monoisotopic (exact) mass is 287 g/mol. The summed E-state index contributed by atoms with van der Waals surface area (Å²) in [6.07, 6.45) is -3.96. The molecule has 0 spiro atoms. The zero-order valence-corrected chi connectivity index (χ0v) is 11.4. The van der Waals surface area contributed by atoms with E-state index in [1.807, 2.05) is 0 Å². The molecular weight excluding hydrogens is 271 g/mol. The fraction of sp³-hybridized carbons (Fsp3) is 0.571. The zero-order chi connectivity index (χ0) is 14.9. The molecule has 1 heterocycles. The van der Waals surface area contributed by atoms with Gasteiger partial charge in [0.25, 0.3) is 0 Å². The molecule has 3 nitrogen and oxygen atoms in total. The van der Waals surface area contributed by atoms with Crippen LogP contribution < -0.4 is 0 Å². The van der Waals surface area contributed by atoms with Crippen LogP contribution >= 0.6 is 0 Å². The van der Waals surface area contributed by atoms with Crippen molar-refractivity contribution in [2.24, 2.45) is 5.92 Å². The van der Waals surface area contributed by atoms with Crippen molar-refractivity contribution >= 4 is 5.97 Å². The topological polar surface area (TPSA) is 39.2 Å². The number of pyridine rings is 1. The minimum absolute atomic E-state index is 0.0572. The minimum Gasteiger partial charge on any atom is -0.462 e.